The minimum absolute atomic E-state index is 0.0696. The smallest absolute Gasteiger partial charge is 0.306 e. The molecule has 0 aliphatic carbocycles. The monoisotopic (exact) mass is 1040 g/mol. The van der Waals surface area contributed by atoms with Crippen LogP contribution in [-0.4, -0.2) is 37.2 Å². The van der Waals surface area contributed by atoms with Crippen LogP contribution in [0.3, 0.4) is 0 Å². The first kappa shape index (κ1) is 71.9. The third kappa shape index (κ3) is 60.8. The lowest BCUT2D eigenvalue weighted by Crippen LogP contribution is -2.30. The van der Waals surface area contributed by atoms with Crippen molar-refractivity contribution in [1.82, 2.24) is 0 Å². The molecular formula is C68H128O6. The molecule has 74 heavy (non-hydrogen) atoms. The van der Waals surface area contributed by atoms with Gasteiger partial charge in [0, 0.05) is 19.3 Å². The average molecular weight is 1040 g/mol. The second-order valence-electron chi connectivity index (χ2n) is 22.7. The van der Waals surface area contributed by atoms with E-state index < -0.39 is 6.10 Å². The molecule has 436 valence electrons. The van der Waals surface area contributed by atoms with Gasteiger partial charge in [0.25, 0.3) is 0 Å². The van der Waals surface area contributed by atoms with Gasteiger partial charge in [-0.3, -0.25) is 14.4 Å². The van der Waals surface area contributed by atoms with E-state index in [1.165, 1.54) is 250 Å². The van der Waals surface area contributed by atoms with Crippen molar-refractivity contribution in [2.75, 3.05) is 13.2 Å². The Morgan fingerprint density at radius 1 is 0.270 bits per heavy atom. The lowest BCUT2D eigenvalue weighted by molar-refractivity contribution is -0.167. The molecule has 0 amide bonds. The van der Waals surface area contributed by atoms with Crippen LogP contribution in [-0.2, 0) is 28.6 Å². The topological polar surface area (TPSA) is 78.9 Å². The van der Waals surface area contributed by atoms with E-state index in [1.807, 2.05) is 0 Å². The number of esters is 3. The van der Waals surface area contributed by atoms with Crippen molar-refractivity contribution >= 4 is 17.9 Å². The second-order valence-corrected chi connectivity index (χ2v) is 22.7. The number of hydrogen-bond donors (Lipinski definition) is 0. The number of unbranched alkanes of at least 4 members (excludes halogenated alkanes) is 47. The van der Waals surface area contributed by atoms with Gasteiger partial charge in [-0.25, -0.2) is 0 Å². The highest BCUT2D eigenvalue weighted by Crippen LogP contribution is 2.19. The Balaban J connectivity index is 4.17. The van der Waals surface area contributed by atoms with Crippen LogP contribution in [0.1, 0.15) is 374 Å². The van der Waals surface area contributed by atoms with Gasteiger partial charge in [0.15, 0.2) is 6.10 Å². The summed E-state index contributed by atoms with van der Waals surface area (Å²) in [6, 6.07) is 0. The molecular weight excluding hydrogens is 913 g/mol. The molecule has 0 spiro atoms. The Kier molecular flexibility index (Phi) is 61.6. The summed E-state index contributed by atoms with van der Waals surface area (Å²) < 4.78 is 16.9. The minimum Gasteiger partial charge on any atom is -0.462 e. The fourth-order valence-corrected chi connectivity index (χ4v) is 10.2. The van der Waals surface area contributed by atoms with Crippen molar-refractivity contribution in [1.29, 1.82) is 0 Å². The van der Waals surface area contributed by atoms with Crippen LogP contribution in [0.25, 0.3) is 0 Å². The maximum Gasteiger partial charge on any atom is 0.306 e. The summed E-state index contributed by atoms with van der Waals surface area (Å²) in [5.41, 5.74) is 0. The molecule has 0 aromatic heterocycles. The summed E-state index contributed by atoms with van der Waals surface area (Å²) in [6.07, 6.45) is 76.3. The highest BCUT2D eigenvalue weighted by atomic mass is 16.6. The Bertz CT molecular complexity index is 1190. The molecule has 0 heterocycles. The predicted octanol–water partition coefficient (Wildman–Crippen LogP) is 22.6. The van der Waals surface area contributed by atoms with Gasteiger partial charge in [0.05, 0.1) is 0 Å². The van der Waals surface area contributed by atoms with Crippen LogP contribution in [0.4, 0.5) is 0 Å². The fourth-order valence-electron chi connectivity index (χ4n) is 10.2. The Morgan fingerprint density at radius 3 is 0.797 bits per heavy atom. The number of hydrogen-bond acceptors (Lipinski definition) is 6. The first-order valence-electron chi connectivity index (χ1n) is 33.3. The molecule has 0 N–H and O–H groups in total. The molecule has 6 heteroatoms. The van der Waals surface area contributed by atoms with Crippen LogP contribution >= 0.6 is 0 Å². The van der Waals surface area contributed by atoms with E-state index in [4.69, 9.17) is 14.2 Å². The van der Waals surface area contributed by atoms with Crippen LogP contribution < -0.4 is 0 Å². The van der Waals surface area contributed by atoms with Gasteiger partial charge in [-0.2, -0.15) is 0 Å². The van der Waals surface area contributed by atoms with Gasteiger partial charge in [-0.05, 0) is 44.9 Å². The maximum absolute atomic E-state index is 12.9. The summed E-state index contributed by atoms with van der Waals surface area (Å²) in [5.74, 6) is -0.857. The molecule has 1 unspecified atom stereocenters. The summed E-state index contributed by atoms with van der Waals surface area (Å²) in [7, 11) is 0. The molecule has 0 aromatic rings. The van der Waals surface area contributed by atoms with Crippen molar-refractivity contribution in [3.63, 3.8) is 0 Å². The summed E-state index contributed by atoms with van der Waals surface area (Å²) >= 11 is 0. The van der Waals surface area contributed by atoms with E-state index in [9.17, 15) is 14.4 Å². The van der Waals surface area contributed by atoms with Gasteiger partial charge in [0.2, 0.25) is 0 Å². The molecule has 6 nitrogen and oxygen atoms in total. The van der Waals surface area contributed by atoms with Crippen molar-refractivity contribution in [3.8, 4) is 0 Å². The Morgan fingerprint density at radius 2 is 0.514 bits per heavy atom. The minimum atomic E-state index is -0.773. The summed E-state index contributed by atoms with van der Waals surface area (Å²) in [6.45, 7) is 6.64. The second kappa shape index (κ2) is 63.4. The quantitative estimate of drug-likeness (QED) is 0.0261. The van der Waals surface area contributed by atoms with Gasteiger partial charge in [-0.1, -0.05) is 334 Å². The zero-order chi connectivity index (χ0) is 53.6. The van der Waals surface area contributed by atoms with E-state index in [2.05, 4.69) is 45.1 Å². The van der Waals surface area contributed by atoms with Crippen LogP contribution in [0.15, 0.2) is 24.3 Å². The molecule has 1 atom stereocenters. The number of carbonyl (C=O) groups excluding carboxylic acids is 3. The summed E-state index contributed by atoms with van der Waals surface area (Å²) in [5, 5.41) is 0. The van der Waals surface area contributed by atoms with E-state index in [0.29, 0.717) is 19.3 Å². The molecule has 0 aliphatic rings. The first-order chi connectivity index (χ1) is 36.5. The molecule has 0 saturated carbocycles. The Hall–Kier alpha value is -2.11. The molecule has 0 rings (SSSR count). The van der Waals surface area contributed by atoms with Crippen molar-refractivity contribution in [2.24, 2.45) is 0 Å². The normalized spacial score (nSPS) is 12.1. The predicted molar refractivity (Wildman–Crippen MR) is 321 cm³/mol. The average Bonchev–Trinajstić information content (AvgIpc) is 3.40. The third-order valence-corrected chi connectivity index (χ3v) is 15.2. The lowest BCUT2D eigenvalue weighted by atomic mass is 10.0. The van der Waals surface area contributed by atoms with Gasteiger partial charge in [0.1, 0.15) is 13.2 Å². The number of ether oxygens (including phenoxy) is 3. The number of carbonyl (C=O) groups is 3. The van der Waals surface area contributed by atoms with Crippen molar-refractivity contribution < 1.29 is 28.6 Å². The van der Waals surface area contributed by atoms with Gasteiger partial charge < -0.3 is 14.2 Å². The molecule has 0 radical (unpaired) electrons. The van der Waals surface area contributed by atoms with Crippen LogP contribution in [0.5, 0.6) is 0 Å². The van der Waals surface area contributed by atoms with Crippen LogP contribution in [0.2, 0.25) is 0 Å². The molecule has 0 saturated heterocycles. The van der Waals surface area contributed by atoms with Crippen molar-refractivity contribution in [3.05, 3.63) is 24.3 Å². The first-order valence-corrected chi connectivity index (χ1v) is 33.3. The maximum atomic E-state index is 12.9. The Labute approximate surface area is 462 Å². The van der Waals surface area contributed by atoms with E-state index in [0.717, 1.165) is 83.5 Å². The van der Waals surface area contributed by atoms with Crippen LogP contribution in [0, 0.1) is 0 Å². The van der Waals surface area contributed by atoms with Gasteiger partial charge in [-0.15, -0.1) is 0 Å². The molecule has 0 aromatic carbocycles. The lowest BCUT2D eigenvalue weighted by Gasteiger charge is -2.18. The molecule has 0 aliphatic heterocycles. The van der Waals surface area contributed by atoms with Gasteiger partial charge >= 0.3 is 17.9 Å². The zero-order valence-electron chi connectivity index (χ0n) is 50.1. The van der Waals surface area contributed by atoms with Crippen molar-refractivity contribution in [2.45, 2.75) is 380 Å². The highest BCUT2D eigenvalue weighted by molar-refractivity contribution is 5.71. The zero-order valence-corrected chi connectivity index (χ0v) is 50.1. The largest absolute Gasteiger partial charge is 0.462 e. The SMILES string of the molecule is CCC/C=C\C/C=C\CCCCCCCC(=O)OCC(COC(=O)CCCCCCCCCCCCCCCCCCCCCCCCCCCCC)OC(=O)CCCCCCCCCCCCCCCCCC. The van der Waals surface area contributed by atoms with E-state index in [1.54, 1.807) is 0 Å². The van der Waals surface area contributed by atoms with E-state index in [-0.39, 0.29) is 31.1 Å². The summed E-state index contributed by atoms with van der Waals surface area (Å²) in [4.78, 5) is 38.3. The number of rotatable bonds is 62. The highest BCUT2D eigenvalue weighted by Gasteiger charge is 2.19. The third-order valence-electron chi connectivity index (χ3n) is 15.2. The molecule has 0 bridgehead atoms. The number of allylic oxidation sites excluding steroid dienone is 4. The van der Waals surface area contributed by atoms with E-state index >= 15 is 0 Å². The standard InChI is InChI=1S/C68H128O6/c1-4-7-10-13-16-19-22-25-27-29-30-31-32-33-34-35-36-37-38-39-41-43-46-49-52-55-58-61-67(70)73-64-65(63-72-66(69)60-57-54-51-48-45-42-24-21-18-15-12-9-6-3)74-68(71)62-59-56-53-50-47-44-40-28-26-23-20-17-14-11-8-5-2/h12,15,21,24,65H,4-11,13-14,16-20,22-23,25-64H2,1-3H3/b15-12-,24-21-. The fraction of sp³-hybridized carbons (Fsp3) is 0.897. The molecule has 0 fully saturated rings.